The van der Waals surface area contributed by atoms with Crippen molar-refractivity contribution < 1.29 is 14.3 Å². The minimum atomic E-state index is -0.663. The molecule has 102 valence electrons. The van der Waals surface area contributed by atoms with Crippen molar-refractivity contribution in [2.75, 3.05) is 0 Å². The Balaban J connectivity index is 1.92. The quantitative estimate of drug-likeness (QED) is 0.679. The highest BCUT2D eigenvalue weighted by atomic mass is 16.6. The van der Waals surface area contributed by atoms with E-state index in [-0.39, 0.29) is 17.5 Å². The highest BCUT2D eigenvalue weighted by Crippen LogP contribution is 2.54. The number of fused-ring (bicyclic) bond motifs is 1. The molecule has 0 saturated carbocycles. The molecule has 4 rings (SSSR count). The zero-order chi connectivity index (χ0) is 14.0. The molecular formula is C17H16O3. The lowest BCUT2D eigenvalue weighted by Crippen LogP contribution is -2.43. The average Bonchev–Trinajstić information content (AvgIpc) is 2.68. The van der Waals surface area contributed by atoms with Crippen LogP contribution in [-0.4, -0.2) is 17.2 Å². The van der Waals surface area contributed by atoms with Gasteiger partial charge in [-0.1, -0.05) is 36.4 Å². The van der Waals surface area contributed by atoms with Crippen LogP contribution >= 0.6 is 0 Å². The molecule has 0 aromatic heterocycles. The summed E-state index contributed by atoms with van der Waals surface area (Å²) >= 11 is 0. The molecule has 1 aliphatic carbocycles. The van der Waals surface area contributed by atoms with E-state index in [0.29, 0.717) is 12.2 Å². The fraction of sp³-hybridized carbons (Fsp3) is 0.353. The molecule has 0 N–H and O–H groups in total. The Kier molecular flexibility index (Phi) is 2.08. The molecule has 20 heavy (non-hydrogen) atoms. The molecule has 1 saturated heterocycles. The third kappa shape index (κ3) is 1.38. The van der Waals surface area contributed by atoms with E-state index < -0.39 is 5.60 Å². The van der Waals surface area contributed by atoms with Gasteiger partial charge in [0.1, 0.15) is 11.4 Å². The lowest BCUT2D eigenvalue weighted by molar-refractivity contribution is -0.148. The molecule has 1 fully saturated rings. The van der Waals surface area contributed by atoms with Crippen LogP contribution in [0.3, 0.4) is 0 Å². The molecule has 3 aliphatic rings. The summed E-state index contributed by atoms with van der Waals surface area (Å²) in [5.41, 5.74) is 1.34. The number of esters is 1. The van der Waals surface area contributed by atoms with Crippen molar-refractivity contribution in [2.45, 2.75) is 31.5 Å². The molecule has 0 bridgehead atoms. The summed E-state index contributed by atoms with van der Waals surface area (Å²) in [7, 11) is 0. The minimum absolute atomic E-state index is 0.0279. The number of ether oxygens (including phenoxy) is 2. The molecule has 1 aromatic rings. The summed E-state index contributed by atoms with van der Waals surface area (Å²) < 4.78 is 11.8. The molecule has 1 spiro atoms. The van der Waals surface area contributed by atoms with Crippen molar-refractivity contribution in [1.82, 2.24) is 0 Å². The van der Waals surface area contributed by atoms with Crippen molar-refractivity contribution in [1.29, 1.82) is 0 Å². The van der Waals surface area contributed by atoms with Crippen molar-refractivity contribution in [2.24, 2.45) is 5.92 Å². The van der Waals surface area contributed by atoms with Crippen LogP contribution in [0, 0.1) is 5.92 Å². The van der Waals surface area contributed by atoms with Crippen LogP contribution in [-0.2, 0) is 20.7 Å². The predicted octanol–water partition coefficient (Wildman–Crippen LogP) is 2.86. The first-order valence-corrected chi connectivity index (χ1v) is 6.92. The lowest BCUT2D eigenvalue weighted by Gasteiger charge is -2.31. The van der Waals surface area contributed by atoms with Crippen LogP contribution < -0.4 is 0 Å². The summed E-state index contributed by atoms with van der Waals surface area (Å²) in [6.07, 6.45) is 6.42. The molecule has 2 heterocycles. The van der Waals surface area contributed by atoms with Crippen LogP contribution in [0.5, 0.6) is 0 Å². The highest BCUT2D eigenvalue weighted by Gasteiger charge is 2.62. The minimum Gasteiger partial charge on any atom is -0.487 e. The number of hydrogen-bond acceptors (Lipinski definition) is 3. The van der Waals surface area contributed by atoms with Crippen molar-refractivity contribution in [3.63, 3.8) is 0 Å². The Labute approximate surface area is 117 Å². The van der Waals surface area contributed by atoms with E-state index in [1.807, 2.05) is 26.0 Å². The fourth-order valence-corrected chi connectivity index (χ4v) is 3.69. The Morgan fingerprint density at radius 1 is 1.20 bits per heavy atom. The van der Waals surface area contributed by atoms with Gasteiger partial charge in [0.2, 0.25) is 0 Å². The maximum Gasteiger partial charge on any atom is 0.335 e. The summed E-state index contributed by atoms with van der Waals surface area (Å²) in [6.45, 7) is 4.10. The first kappa shape index (κ1) is 11.8. The fourth-order valence-electron chi connectivity index (χ4n) is 3.69. The lowest BCUT2D eigenvalue weighted by atomic mass is 9.77. The molecule has 3 heteroatoms. The third-order valence-electron chi connectivity index (χ3n) is 4.55. The Bertz CT molecular complexity index is 669. The van der Waals surface area contributed by atoms with E-state index >= 15 is 0 Å². The van der Waals surface area contributed by atoms with Gasteiger partial charge in [0, 0.05) is 6.42 Å². The SMILES string of the molecule is CC1(C)OC2=CC(=O)O[C@@]23Cc2ccccc2C=C[C@@H]13. The maximum atomic E-state index is 11.7. The molecule has 2 aliphatic heterocycles. The van der Waals surface area contributed by atoms with Gasteiger partial charge >= 0.3 is 5.97 Å². The van der Waals surface area contributed by atoms with Crippen molar-refractivity contribution >= 4 is 12.0 Å². The monoisotopic (exact) mass is 268 g/mol. The van der Waals surface area contributed by atoms with E-state index in [1.54, 1.807) is 0 Å². The van der Waals surface area contributed by atoms with Crippen molar-refractivity contribution in [3.8, 4) is 0 Å². The number of rotatable bonds is 0. The standard InChI is InChI=1S/C17H16O3/c1-16(2)13-8-7-11-5-3-4-6-12(11)10-17(13)14(19-16)9-15(18)20-17/h3-9,13H,10H2,1-2H3/t13-,17+/m0/s1. The summed E-state index contributed by atoms with van der Waals surface area (Å²) in [5.74, 6) is 0.409. The van der Waals surface area contributed by atoms with Gasteiger partial charge in [0.25, 0.3) is 0 Å². The van der Waals surface area contributed by atoms with Crippen molar-refractivity contribution in [3.05, 3.63) is 53.3 Å². The average molecular weight is 268 g/mol. The zero-order valence-electron chi connectivity index (χ0n) is 11.6. The smallest absolute Gasteiger partial charge is 0.335 e. The van der Waals surface area contributed by atoms with Gasteiger partial charge in [0.05, 0.1) is 12.0 Å². The Morgan fingerprint density at radius 3 is 2.85 bits per heavy atom. The highest BCUT2D eigenvalue weighted by molar-refractivity contribution is 5.87. The van der Waals surface area contributed by atoms with Crippen LogP contribution in [0.4, 0.5) is 0 Å². The number of hydrogen-bond donors (Lipinski definition) is 0. The van der Waals surface area contributed by atoms with Crippen LogP contribution in [0.25, 0.3) is 6.08 Å². The third-order valence-corrected chi connectivity index (χ3v) is 4.55. The van der Waals surface area contributed by atoms with Gasteiger partial charge in [-0.3, -0.25) is 0 Å². The molecule has 3 nitrogen and oxygen atoms in total. The van der Waals surface area contributed by atoms with E-state index in [2.05, 4.69) is 24.3 Å². The second-order valence-electron chi connectivity index (χ2n) is 6.24. The molecule has 0 unspecified atom stereocenters. The van der Waals surface area contributed by atoms with Gasteiger partial charge in [-0.25, -0.2) is 4.79 Å². The van der Waals surface area contributed by atoms with E-state index in [1.165, 1.54) is 17.2 Å². The first-order valence-electron chi connectivity index (χ1n) is 6.92. The Morgan fingerprint density at radius 2 is 2.00 bits per heavy atom. The van der Waals surface area contributed by atoms with E-state index in [0.717, 1.165) is 0 Å². The normalized spacial score (nSPS) is 32.4. The van der Waals surface area contributed by atoms with Gasteiger partial charge in [-0.2, -0.15) is 0 Å². The van der Waals surface area contributed by atoms with Gasteiger partial charge < -0.3 is 9.47 Å². The summed E-state index contributed by atoms with van der Waals surface area (Å²) in [6, 6.07) is 8.23. The van der Waals surface area contributed by atoms with Gasteiger partial charge in [-0.05, 0) is 25.0 Å². The van der Waals surface area contributed by atoms with E-state index in [4.69, 9.17) is 9.47 Å². The Hall–Kier alpha value is -2.03. The molecule has 0 amide bonds. The van der Waals surface area contributed by atoms with Gasteiger partial charge in [0.15, 0.2) is 5.60 Å². The number of carbonyl (C=O) groups is 1. The molecular weight excluding hydrogens is 252 g/mol. The number of carbonyl (C=O) groups excluding carboxylic acids is 1. The second-order valence-corrected chi connectivity index (χ2v) is 6.24. The van der Waals surface area contributed by atoms with E-state index in [9.17, 15) is 4.79 Å². The van der Waals surface area contributed by atoms with Gasteiger partial charge in [-0.15, -0.1) is 0 Å². The molecule has 0 radical (unpaired) electrons. The van der Waals surface area contributed by atoms with Crippen LogP contribution in [0.1, 0.15) is 25.0 Å². The summed E-state index contributed by atoms with van der Waals surface area (Å²) in [5, 5.41) is 0. The van der Waals surface area contributed by atoms with Crippen LogP contribution in [0.15, 0.2) is 42.2 Å². The summed E-state index contributed by atoms with van der Waals surface area (Å²) in [4.78, 5) is 11.7. The number of benzene rings is 1. The molecule has 1 aromatic carbocycles. The van der Waals surface area contributed by atoms with Crippen LogP contribution in [0.2, 0.25) is 0 Å². The molecule has 2 atom stereocenters. The second kappa shape index (κ2) is 3.54. The first-order chi connectivity index (χ1) is 9.51. The zero-order valence-corrected chi connectivity index (χ0v) is 11.6. The predicted molar refractivity (Wildman–Crippen MR) is 74.7 cm³/mol. The largest absolute Gasteiger partial charge is 0.487 e. The maximum absolute atomic E-state index is 11.7. The topological polar surface area (TPSA) is 35.5 Å².